The molecule has 1 amide bonds. The van der Waals surface area contributed by atoms with E-state index in [1.165, 1.54) is 13.2 Å². The molecule has 7 nitrogen and oxygen atoms in total. The van der Waals surface area contributed by atoms with Crippen LogP contribution in [0.3, 0.4) is 0 Å². The molecular weight excluding hydrogens is 432 g/mol. The second-order valence-corrected chi connectivity index (χ2v) is 8.21. The summed E-state index contributed by atoms with van der Waals surface area (Å²) < 4.78 is 11.0. The van der Waals surface area contributed by atoms with Crippen molar-refractivity contribution in [2.24, 2.45) is 0 Å². The Morgan fingerprint density at radius 2 is 1.88 bits per heavy atom. The fourth-order valence-corrected chi connectivity index (χ4v) is 3.76. The van der Waals surface area contributed by atoms with E-state index in [0.717, 1.165) is 18.4 Å². The fourth-order valence-electron chi connectivity index (χ4n) is 3.76. The molecule has 1 fully saturated rings. The van der Waals surface area contributed by atoms with Crippen LogP contribution in [0.25, 0.3) is 0 Å². The molecule has 0 saturated heterocycles. The zero-order valence-corrected chi connectivity index (χ0v) is 18.9. The molecule has 0 bridgehead atoms. The number of phenolic OH excluding ortho intramolecular Hbond substituents is 1. The third-order valence-electron chi connectivity index (χ3n) is 5.66. The lowest BCUT2D eigenvalue weighted by molar-refractivity contribution is -0.118. The number of nitrogens with zero attached hydrogens (tertiary/aromatic N) is 1. The molecule has 7 heteroatoms. The van der Waals surface area contributed by atoms with Crippen LogP contribution in [0, 0.1) is 18.3 Å². The molecule has 0 heterocycles. The van der Waals surface area contributed by atoms with Crippen LogP contribution in [0.5, 0.6) is 17.2 Å². The van der Waals surface area contributed by atoms with Gasteiger partial charge >= 0.3 is 0 Å². The van der Waals surface area contributed by atoms with Gasteiger partial charge in [0.05, 0.1) is 23.9 Å². The molecule has 0 aromatic heterocycles. The van der Waals surface area contributed by atoms with Crippen molar-refractivity contribution in [2.75, 3.05) is 19.0 Å². The maximum absolute atomic E-state index is 13.4. The first-order valence-electron chi connectivity index (χ1n) is 10.9. The molecule has 34 heavy (non-hydrogen) atoms. The number of amides is 1. The van der Waals surface area contributed by atoms with Gasteiger partial charge in [-0.3, -0.25) is 9.59 Å². The quantitative estimate of drug-likeness (QED) is 0.476. The molecule has 0 spiro atoms. The molecule has 172 valence electrons. The maximum atomic E-state index is 13.4. The summed E-state index contributed by atoms with van der Waals surface area (Å²) in [5.74, 6) is 0.125. The third-order valence-corrected chi connectivity index (χ3v) is 5.66. The Balaban J connectivity index is 1.57. The number of benzene rings is 3. The van der Waals surface area contributed by atoms with Crippen molar-refractivity contribution in [3.8, 4) is 23.3 Å². The van der Waals surface area contributed by atoms with Gasteiger partial charge in [0.2, 0.25) is 0 Å². The number of para-hydroxylation sites is 2. The molecule has 1 aliphatic carbocycles. The number of carbonyl (C=O) groups excluding carboxylic acids is 2. The van der Waals surface area contributed by atoms with E-state index in [2.05, 4.69) is 5.32 Å². The molecule has 1 saturated carbocycles. The van der Waals surface area contributed by atoms with Crippen LogP contribution in [0.15, 0.2) is 54.6 Å². The number of hydrogen-bond donors (Lipinski definition) is 2. The topological polar surface area (TPSA) is 109 Å². The molecular formula is C27H24N2O5. The van der Waals surface area contributed by atoms with Crippen molar-refractivity contribution in [3.05, 3.63) is 82.4 Å². The number of methoxy groups -OCH3 is 1. The lowest BCUT2D eigenvalue weighted by Crippen LogP contribution is -2.21. The van der Waals surface area contributed by atoms with Crippen LogP contribution in [-0.2, 0) is 4.79 Å². The van der Waals surface area contributed by atoms with Crippen molar-refractivity contribution in [1.82, 2.24) is 0 Å². The summed E-state index contributed by atoms with van der Waals surface area (Å²) in [6.07, 6.45) is 1.83. The first-order valence-corrected chi connectivity index (χ1v) is 10.9. The van der Waals surface area contributed by atoms with Gasteiger partial charge in [-0.05, 0) is 67.6 Å². The largest absolute Gasteiger partial charge is 0.506 e. The minimum absolute atomic E-state index is 0.0599. The minimum atomic E-state index is -0.407. The zero-order chi connectivity index (χ0) is 24.2. The minimum Gasteiger partial charge on any atom is -0.506 e. The number of rotatable bonds is 8. The highest BCUT2D eigenvalue weighted by Crippen LogP contribution is 2.45. The Bertz CT molecular complexity index is 1300. The Morgan fingerprint density at radius 3 is 2.59 bits per heavy atom. The SMILES string of the molecule is COc1ccccc1NC(=O)COc1ccc(C)cc1C(=O)c1cc(C#N)c(O)c(C2CC2)c1. The van der Waals surface area contributed by atoms with Gasteiger partial charge in [0.15, 0.2) is 12.4 Å². The van der Waals surface area contributed by atoms with E-state index in [4.69, 9.17) is 9.47 Å². The number of ketones is 1. The van der Waals surface area contributed by atoms with Gasteiger partial charge in [0.25, 0.3) is 5.91 Å². The number of carbonyl (C=O) groups is 2. The molecule has 3 aromatic carbocycles. The van der Waals surface area contributed by atoms with Gasteiger partial charge in [0.1, 0.15) is 23.3 Å². The predicted molar refractivity (Wildman–Crippen MR) is 127 cm³/mol. The van der Waals surface area contributed by atoms with Crippen LogP contribution in [-0.4, -0.2) is 30.5 Å². The maximum Gasteiger partial charge on any atom is 0.262 e. The molecule has 1 aliphatic rings. The van der Waals surface area contributed by atoms with Crippen LogP contribution in [0.1, 0.15) is 51.4 Å². The summed E-state index contributed by atoms with van der Waals surface area (Å²) in [5.41, 5.74) is 2.62. The molecule has 2 N–H and O–H groups in total. The van der Waals surface area contributed by atoms with E-state index in [9.17, 15) is 20.0 Å². The number of hydrogen-bond acceptors (Lipinski definition) is 6. The summed E-state index contributed by atoms with van der Waals surface area (Å²) in [6, 6.07) is 17.2. The first-order chi connectivity index (χ1) is 16.4. The lowest BCUT2D eigenvalue weighted by atomic mass is 9.95. The number of aromatic hydroxyl groups is 1. The lowest BCUT2D eigenvalue weighted by Gasteiger charge is -2.14. The van der Waals surface area contributed by atoms with Gasteiger partial charge < -0.3 is 19.9 Å². The van der Waals surface area contributed by atoms with Crippen molar-refractivity contribution >= 4 is 17.4 Å². The number of nitriles is 1. The van der Waals surface area contributed by atoms with Crippen LogP contribution in [0.2, 0.25) is 0 Å². The molecule has 4 rings (SSSR count). The van der Waals surface area contributed by atoms with Gasteiger partial charge in [-0.1, -0.05) is 23.8 Å². The molecule has 0 atom stereocenters. The average Bonchev–Trinajstić information content (AvgIpc) is 3.68. The van der Waals surface area contributed by atoms with Crippen LogP contribution >= 0.6 is 0 Å². The van der Waals surface area contributed by atoms with E-state index in [1.807, 2.05) is 13.0 Å². The van der Waals surface area contributed by atoms with Crippen molar-refractivity contribution in [3.63, 3.8) is 0 Å². The standard InChI is InChI=1S/C27H24N2O5/c1-16-7-10-23(34-15-25(30)29-22-5-3-4-6-24(22)33-2)21(11-16)26(31)18-12-19(14-28)27(32)20(13-18)17-8-9-17/h3-7,10-13,17,32H,8-9,15H2,1-2H3,(H,29,30). The molecule has 0 radical (unpaired) electrons. The Kier molecular flexibility index (Phi) is 6.51. The number of anilines is 1. The van der Waals surface area contributed by atoms with E-state index in [-0.39, 0.29) is 40.9 Å². The van der Waals surface area contributed by atoms with Gasteiger partial charge in [-0.25, -0.2) is 0 Å². The van der Waals surface area contributed by atoms with Crippen LogP contribution < -0.4 is 14.8 Å². The number of nitrogens with one attached hydrogen (secondary N) is 1. The van der Waals surface area contributed by atoms with Crippen molar-refractivity contribution < 1.29 is 24.2 Å². The van der Waals surface area contributed by atoms with Crippen molar-refractivity contribution in [2.45, 2.75) is 25.7 Å². The first kappa shape index (κ1) is 22.9. The highest BCUT2D eigenvalue weighted by atomic mass is 16.5. The molecule has 0 aliphatic heterocycles. The van der Waals surface area contributed by atoms with Gasteiger partial charge in [-0.15, -0.1) is 0 Å². The summed E-state index contributed by atoms with van der Waals surface area (Å²) in [4.78, 5) is 25.9. The van der Waals surface area contributed by atoms with Crippen LogP contribution in [0.4, 0.5) is 5.69 Å². The summed E-state index contributed by atoms with van der Waals surface area (Å²) in [5, 5.41) is 22.5. The summed E-state index contributed by atoms with van der Waals surface area (Å²) in [7, 11) is 1.52. The van der Waals surface area contributed by atoms with E-state index in [1.54, 1.807) is 48.5 Å². The fraction of sp³-hybridized carbons (Fsp3) is 0.222. The number of ether oxygens (including phenoxy) is 2. The van der Waals surface area contributed by atoms with Crippen molar-refractivity contribution in [1.29, 1.82) is 5.26 Å². The highest BCUT2D eigenvalue weighted by Gasteiger charge is 2.29. The molecule has 3 aromatic rings. The van der Waals surface area contributed by atoms with E-state index >= 15 is 0 Å². The highest BCUT2D eigenvalue weighted by molar-refractivity contribution is 6.11. The zero-order valence-electron chi connectivity index (χ0n) is 18.9. The Labute approximate surface area is 197 Å². The third kappa shape index (κ3) is 4.86. The van der Waals surface area contributed by atoms with Gasteiger partial charge in [0, 0.05) is 5.56 Å². The Morgan fingerprint density at radius 1 is 1.12 bits per heavy atom. The molecule has 0 unspecified atom stereocenters. The second-order valence-electron chi connectivity index (χ2n) is 8.21. The average molecular weight is 456 g/mol. The smallest absolute Gasteiger partial charge is 0.262 e. The normalized spacial score (nSPS) is 12.5. The predicted octanol–water partition coefficient (Wildman–Crippen LogP) is 4.71. The van der Waals surface area contributed by atoms with Gasteiger partial charge in [-0.2, -0.15) is 5.26 Å². The van der Waals surface area contributed by atoms with E-state index in [0.29, 0.717) is 22.6 Å². The van der Waals surface area contributed by atoms with E-state index < -0.39 is 5.91 Å². The second kappa shape index (κ2) is 9.67. The summed E-state index contributed by atoms with van der Waals surface area (Å²) in [6.45, 7) is 1.54. The Hall–Kier alpha value is -4.31. The monoisotopic (exact) mass is 456 g/mol. The summed E-state index contributed by atoms with van der Waals surface area (Å²) >= 11 is 0. The number of aryl methyl sites for hydroxylation is 1. The number of phenols is 1.